The molecule has 0 saturated heterocycles. The summed E-state index contributed by atoms with van der Waals surface area (Å²) >= 11 is 0. The van der Waals surface area contributed by atoms with Crippen LogP contribution in [0.5, 0.6) is 0 Å². The third-order valence-corrected chi connectivity index (χ3v) is 12.1. The Balaban J connectivity index is 1.01. The lowest BCUT2D eigenvalue weighted by atomic mass is 9.96. The predicted octanol–water partition coefficient (Wildman–Crippen LogP) is 17.2. The topological polar surface area (TPSA) is 16.4 Å². The average molecular weight is 794 g/mol. The fourth-order valence-corrected chi connectivity index (χ4v) is 9.00. The molecule has 0 aliphatic carbocycles. The lowest BCUT2D eigenvalue weighted by molar-refractivity contribution is 0.673. The molecule has 11 aromatic carbocycles. The highest BCUT2D eigenvalue weighted by atomic mass is 16.3. The maximum Gasteiger partial charge on any atom is 0.143 e. The molecule has 0 fully saturated rings. The zero-order valence-electron chi connectivity index (χ0n) is 37.6. The number of hydrogen-bond acceptors (Lipinski definition) is 2. The van der Waals surface area contributed by atoms with E-state index in [4.69, 9.17) is 4.42 Å². The highest BCUT2D eigenvalue weighted by Gasteiger charge is 2.19. The van der Waals surface area contributed by atoms with Crippen LogP contribution in [0.15, 0.2) is 241 Å². The van der Waals surface area contributed by atoms with Crippen molar-refractivity contribution in [3.05, 3.63) is 236 Å². The van der Waals surface area contributed by atoms with Crippen LogP contribution in [0.4, 0.5) is 17.1 Å². The standard InChI is InChI=1S/C60H39NO/c1-2-13-47-38-48(25-22-40(47)10-1)43-28-34-51(35-29-43)61(50-32-26-42(27-33-50)41-20-23-46(24-21-41)53-18-9-14-44-11-3-5-15-52(44)53)58-19-8-7-16-54(58)49-31-36-56-57-37-30-45-12-4-6-17-55(45)60(57)62-59(56)39-49/h1-39H/i26D,27D,32D,33D. The summed E-state index contributed by atoms with van der Waals surface area (Å²) in [6.45, 7) is 0. The highest BCUT2D eigenvalue weighted by Crippen LogP contribution is 2.44. The molecule has 0 spiro atoms. The van der Waals surface area contributed by atoms with E-state index < -0.39 is 0 Å². The van der Waals surface area contributed by atoms with Gasteiger partial charge in [0.25, 0.3) is 0 Å². The Morgan fingerprint density at radius 2 is 0.887 bits per heavy atom. The third kappa shape index (κ3) is 6.20. The van der Waals surface area contributed by atoms with Gasteiger partial charge in [0.05, 0.1) is 11.2 Å². The molecule has 1 aromatic heterocycles. The highest BCUT2D eigenvalue weighted by molar-refractivity contribution is 6.15. The molecule has 0 aliphatic heterocycles. The molecule has 62 heavy (non-hydrogen) atoms. The van der Waals surface area contributed by atoms with Gasteiger partial charge in [-0.25, -0.2) is 0 Å². The molecule has 290 valence electrons. The van der Waals surface area contributed by atoms with Gasteiger partial charge in [0.15, 0.2) is 0 Å². The summed E-state index contributed by atoms with van der Waals surface area (Å²) in [6.07, 6.45) is 0. The van der Waals surface area contributed by atoms with Crippen LogP contribution in [0.25, 0.3) is 98.8 Å². The summed E-state index contributed by atoms with van der Waals surface area (Å²) in [5.41, 5.74) is 9.91. The first kappa shape index (κ1) is 31.7. The number of furan rings is 1. The second-order valence-corrected chi connectivity index (χ2v) is 15.8. The normalized spacial score (nSPS) is 12.5. The van der Waals surface area contributed by atoms with Gasteiger partial charge in [-0.15, -0.1) is 0 Å². The molecule has 0 bridgehead atoms. The van der Waals surface area contributed by atoms with Gasteiger partial charge in [0.2, 0.25) is 0 Å². The van der Waals surface area contributed by atoms with E-state index in [0.29, 0.717) is 16.9 Å². The van der Waals surface area contributed by atoms with E-state index in [2.05, 4.69) is 109 Å². The zero-order chi connectivity index (χ0) is 44.5. The molecular weight excluding hydrogens is 751 g/mol. The second kappa shape index (κ2) is 14.8. The molecule has 0 saturated carbocycles. The van der Waals surface area contributed by atoms with Crippen LogP contribution in [0.1, 0.15) is 5.48 Å². The number of para-hydroxylation sites is 1. The van der Waals surface area contributed by atoms with Crippen molar-refractivity contribution in [2.75, 3.05) is 4.90 Å². The summed E-state index contributed by atoms with van der Waals surface area (Å²) in [6, 6.07) is 71.3. The van der Waals surface area contributed by atoms with Crippen LogP contribution in [-0.4, -0.2) is 0 Å². The van der Waals surface area contributed by atoms with E-state index in [1.54, 1.807) is 0 Å². The predicted molar refractivity (Wildman–Crippen MR) is 263 cm³/mol. The van der Waals surface area contributed by atoms with Crippen LogP contribution in [0.3, 0.4) is 0 Å². The Labute approximate surface area is 365 Å². The van der Waals surface area contributed by atoms with Gasteiger partial charge >= 0.3 is 0 Å². The van der Waals surface area contributed by atoms with E-state index in [1.165, 1.54) is 5.39 Å². The minimum Gasteiger partial charge on any atom is -0.455 e. The molecule has 0 atom stereocenters. The average Bonchev–Trinajstić information content (AvgIpc) is 3.76. The first-order valence-electron chi connectivity index (χ1n) is 22.9. The molecule has 0 amide bonds. The van der Waals surface area contributed by atoms with Gasteiger partial charge in [-0.1, -0.05) is 182 Å². The first-order valence-corrected chi connectivity index (χ1v) is 20.9. The summed E-state index contributed by atoms with van der Waals surface area (Å²) in [5, 5.41) is 8.83. The summed E-state index contributed by atoms with van der Waals surface area (Å²) in [7, 11) is 0. The first-order chi connectivity index (χ1) is 32.4. The van der Waals surface area contributed by atoms with Crippen LogP contribution < -0.4 is 4.90 Å². The molecule has 1 heterocycles. The van der Waals surface area contributed by atoms with Crippen LogP contribution in [-0.2, 0) is 0 Å². The third-order valence-electron chi connectivity index (χ3n) is 12.1. The van der Waals surface area contributed by atoms with Crippen molar-refractivity contribution in [3.63, 3.8) is 0 Å². The molecule has 0 aliphatic rings. The van der Waals surface area contributed by atoms with Crippen molar-refractivity contribution in [2.24, 2.45) is 0 Å². The molecule has 2 heteroatoms. The number of hydrogen-bond donors (Lipinski definition) is 0. The smallest absolute Gasteiger partial charge is 0.143 e. The van der Waals surface area contributed by atoms with E-state index >= 15 is 0 Å². The van der Waals surface area contributed by atoms with Gasteiger partial charge < -0.3 is 9.32 Å². The van der Waals surface area contributed by atoms with Gasteiger partial charge in [-0.3, -0.25) is 0 Å². The second-order valence-electron chi connectivity index (χ2n) is 15.8. The Bertz CT molecular complexity index is 3840. The summed E-state index contributed by atoms with van der Waals surface area (Å²) in [4.78, 5) is 1.88. The quantitative estimate of drug-likeness (QED) is 0.160. The SMILES string of the molecule is [2H]c1c([2H])c(N(c2ccc(-c3ccc4ccccc4c3)cc2)c2ccccc2-c2ccc3c(c2)oc2c4ccccc4ccc32)c([2H])c([2H])c1-c1ccc(-c2cccc3ccccc23)cc1. The van der Waals surface area contributed by atoms with Crippen molar-refractivity contribution >= 4 is 71.3 Å². The number of rotatable bonds is 7. The van der Waals surface area contributed by atoms with Crippen molar-refractivity contribution in [3.8, 4) is 44.5 Å². The maximum atomic E-state index is 9.74. The van der Waals surface area contributed by atoms with Gasteiger partial charge in [-0.05, 0) is 120 Å². The van der Waals surface area contributed by atoms with Crippen molar-refractivity contribution in [1.29, 1.82) is 0 Å². The van der Waals surface area contributed by atoms with Crippen LogP contribution in [0.2, 0.25) is 0 Å². The van der Waals surface area contributed by atoms with Gasteiger partial charge in [0.1, 0.15) is 11.2 Å². The molecule has 0 unspecified atom stereocenters. The van der Waals surface area contributed by atoms with Crippen molar-refractivity contribution < 1.29 is 9.90 Å². The van der Waals surface area contributed by atoms with Gasteiger partial charge in [0, 0.05) is 33.1 Å². The summed E-state index contributed by atoms with van der Waals surface area (Å²) < 4.78 is 45.2. The molecular formula is C60H39NO. The monoisotopic (exact) mass is 793 g/mol. The summed E-state index contributed by atoms with van der Waals surface area (Å²) in [5.74, 6) is 0. The van der Waals surface area contributed by atoms with E-state index in [0.717, 1.165) is 82.3 Å². The molecule has 0 radical (unpaired) electrons. The number of nitrogens with zero attached hydrogens (tertiary/aromatic N) is 1. The Hall–Kier alpha value is -8.20. The fraction of sp³-hybridized carbons (Fsp3) is 0. The van der Waals surface area contributed by atoms with Gasteiger partial charge in [-0.2, -0.15) is 0 Å². The van der Waals surface area contributed by atoms with E-state index in [9.17, 15) is 5.48 Å². The zero-order valence-corrected chi connectivity index (χ0v) is 33.6. The van der Waals surface area contributed by atoms with E-state index in [1.807, 2.05) is 108 Å². The number of fused-ring (bicyclic) bond motifs is 7. The lowest BCUT2D eigenvalue weighted by Gasteiger charge is -2.28. The molecule has 2 nitrogen and oxygen atoms in total. The van der Waals surface area contributed by atoms with Crippen LogP contribution >= 0.6 is 0 Å². The Morgan fingerprint density at radius 1 is 0.323 bits per heavy atom. The maximum absolute atomic E-state index is 9.74. The molecule has 0 N–H and O–H groups in total. The van der Waals surface area contributed by atoms with Crippen LogP contribution in [0, 0.1) is 0 Å². The fourth-order valence-electron chi connectivity index (χ4n) is 9.00. The van der Waals surface area contributed by atoms with Crippen molar-refractivity contribution in [2.45, 2.75) is 0 Å². The Morgan fingerprint density at radius 3 is 1.71 bits per heavy atom. The minimum absolute atomic E-state index is 0.116. The molecule has 12 rings (SSSR count). The molecule has 12 aromatic rings. The van der Waals surface area contributed by atoms with Crippen molar-refractivity contribution in [1.82, 2.24) is 0 Å². The number of anilines is 3. The number of benzene rings is 11. The van der Waals surface area contributed by atoms with E-state index in [-0.39, 0.29) is 35.4 Å². The minimum atomic E-state index is -0.142. The lowest BCUT2D eigenvalue weighted by Crippen LogP contribution is -2.11. The Kier molecular flexibility index (Phi) is 7.57. The largest absolute Gasteiger partial charge is 0.455 e.